The van der Waals surface area contributed by atoms with Crippen LogP contribution in [-0.2, 0) is 17.8 Å². The largest absolute Gasteiger partial charge is 0.337 e. The second kappa shape index (κ2) is 8.93. The van der Waals surface area contributed by atoms with Crippen molar-refractivity contribution in [2.45, 2.75) is 32.9 Å². The van der Waals surface area contributed by atoms with E-state index in [4.69, 9.17) is 11.6 Å². The Bertz CT molecular complexity index is 944. The van der Waals surface area contributed by atoms with E-state index in [-0.39, 0.29) is 11.7 Å². The molecular weight excluding hydrogens is 381 g/mol. The molecule has 0 bridgehead atoms. The first kappa shape index (κ1) is 19.9. The van der Waals surface area contributed by atoms with Gasteiger partial charge in [0.15, 0.2) is 0 Å². The second-order valence-corrected chi connectivity index (χ2v) is 6.87. The lowest BCUT2D eigenvalue weighted by molar-refractivity contribution is -0.135. The fourth-order valence-corrected chi connectivity index (χ4v) is 3.23. The zero-order valence-electron chi connectivity index (χ0n) is 15.7. The van der Waals surface area contributed by atoms with E-state index in [0.29, 0.717) is 30.4 Å². The van der Waals surface area contributed by atoms with Gasteiger partial charge in [-0.15, -0.1) is 5.10 Å². The number of hydrogen-bond donors (Lipinski definition) is 0. The summed E-state index contributed by atoms with van der Waals surface area (Å²) in [5, 5.41) is 12.2. The van der Waals surface area contributed by atoms with E-state index in [0.717, 1.165) is 11.1 Å². The van der Waals surface area contributed by atoms with Crippen LogP contribution >= 0.6 is 11.6 Å². The van der Waals surface area contributed by atoms with Crippen molar-refractivity contribution in [2.24, 2.45) is 0 Å². The molecule has 0 radical (unpaired) electrons. The van der Waals surface area contributed by atoms with Gasteiger partial charge in [0, 0.05) is 24.5 Å². The number of tetrazole rings is 1. The third-order valence-electron chi connectivity index (χ3n) is 4.59. The van der Waals surface area contributed by atoms with Crippen LogP contribution in [0.1, 0.15) is 29.9 Å². The van der Waals surface area contributed by atoms with Crippen molar-refractivity contribution in [3.63, 3.8) is 0 Å². The Kier molecular flexibility index (Phi) is 6.36. The van der Waals surface area contributed by atoms with Crippen molar-refractivity contribution in [3.8, 4) is 0 Å². The second-order valence-electron chi connectivity index (χ2n) is 6.46. The first-order valence-electron chi connectivity index (χ1n) is 9.00. The molecule has 0 saturated carbocycles. The average molecular weight is 402 g/mol. The molecular formula is C20H21ClFN5O. The molecule has 146 valence electrons. The Morgan fingerprint density at radius 3 is 2.54 bits per heavy atom. The first-order valence-corrected chi connectivity index (χ1v) is 9.38. The molecule has 2 aromatic carbocycles. The molecule has 0 aliphatic carbocycles. The number of carbonyl (C=O) groups is 1. The highest BCUT2D eigenvalue weighted by Crippen LogP contribution is 2.22. The molecule has 1 heterocycles. The third kappa shape index (κ3) is 4.54. The maximum Gasteiger partial charge on any atom is 0.248 e. The fourth-order valence-electron chi connectivity index (χ4n) is 3.04. The van der Waals surface area contributed by atoms with Gasteiger partial charge in [-0.25, -0.2) is 9.07 Å². The molecule has 6 nitrogen and oxygen atoms in total. The van der Waals surface area contributed by atoms with Gasteiger partial charge in [-0.1, -0.05) is 41.9 Å². The summed E-state index contributed by atoms with van der Waals surface area (Å²) in [6, 6.07) is 12.9. The molecule has 0 N–H and O–H groups in total. The van der Waals surface area contributed by atoms with Gasteiger partial charge in [-0.3, -0.25) is 4.79 Å². The van der Waals surface area contributed by atoms with E-state index in [9.17, 15) is 9.18 Å². The quantitative estimate of drug-likeness (QED) is 0.606. The van der Waals surface area contributed by atoms with Crippen molar-refractivity contribution in [1.29, 1.82) is 0 Å². The van der Waals surface area contributed by atoms with Gasteiger partial charge in [0.2, 0.25) is 5.91 Å². The minimum absolute atomic E-state index is 0.123. The molecule has 1 atom stereocenters. The Morgan fingerprint density at radius 2 is 1.93 bits per heavy atom. The summed E-state index contributed by atoms with van der Waals surface area (Å²) >= 11 is 6.27. The number of rotatable bonds is 7. The van der Waals surface area contributed by atoms with Crippen LogP contribution in [0.15, 0.2) is 48.5 Å². The summed E-state index contributed by atoms with van der Waals surface area (Å²) in [5.74, 6) is 0.0931. The van der Waals surface area contributed by atoms with E-state index >= 15 is 0 Å². The normalized spacial score (nSPS) is 12.0. The number of aryl methyl sites for hydroxylation is 1. The van der Waals surface area contributed by atoms with Crippen LogP contribution < -0.4 is 0 Å². The summed E-state index contributed by atoms with van der Waals surface area (Å²) in [6.07, 6.45) is 0.351. The SMILES string of the molecule is CCN(Cc1ccccc1Cl)C(=O)C(Cc1ccc(F)cc1)n1nnnc1C. The highest BCUT2D eigenvalue weighted by atomic mass is 35.5. The van der Waals surface area contributed by atoms with Gasteiger partial charge in [0.05, 0.1) is 0 Å². The van der Waals surface area contributed by atoms with E-state index in [2.05, 4.69) is 15.5 Å². The Balaban J connectivity index is 1.89. The average Bonchev–Trinajstić information content (AvgIpc) is 3.12. The van der Waals surface area contributed by atoms with Gasteiger partial charge in [-0.2, -0.15) is 0 Å². The minimum Gasteiger partial charge on any atom is -0.337 e. The van der Waals surface area contributed by atoms with Crippen molar-refractivity contribution >= 4 is 17.5 Å². The van der Waals surface area contributed by atoms with Gasteiger partial charge >= 0.3 is 0 Å². The lowest BCUT2D eigenvalue weighted by Crippen LogP contribution is -2.38. The van der Waals surface area contributed by atoms with Crippen LogP contribution in [0, 0.1) is 12.7 Å². The highest BCUT2D eigenvalue weighted by Gasteiger charge is 2.28. The minimum atomic E-state index is -0.636. The predicted octanol–water partition coefficient (Wildman–Crippen LogP) is 3.61. The molecule has 0 aliphatic heterocycles. The molecule has 1 aromatic heterocycles. The highest BCUT2D eigenvalue weighted by molar-refractivity contribution is 6.31. The molecule has 0 fully saturated rings. The van der Waals surface area contributed by atoms with Crippen molar-refractivity contribution in [2.75, 3.05) is 6.54 Å². The number of halogens is 2. The number of carbonyl (C=O) groups excluding carboxylic acids is 1. The number of hydrogen-bond acceptors (Lipinski definition) is 4. The van der Waals surface area contributed by atoms with Crippen molar-refractivity contribution < 1.29 is 9.18 Å². The Morgan fingerprint density at radius 1 is 1.21 bits per heavy atom. The number of aromatic nitrogens is 4. The molecule has 1 amide bonds. The molecule has 3 aromatic rings. The Labute approximate surface area is 167 Å². The van der Waals surface area contributed by atoms with Crippen LogP contribution in [0.5, 0.6) is 0 Å². The predicted molar refractivity (Wildman–Crippen MR) is 104 cm³/mol. The number of amides is 1. The molecule has 0 saturated heterocycles. The smallest absolute Gasteiger partial charge is 0.248 e. The zero-order chi connectivity index (χ0) is 20.1. The molecule has 1 unspecified atom stereocenters. The summed E-state index contributed by atoms with van der Waals surface area (Å²) < 4.78 is 14.8. The summed E-state index contributed by atoms with van der Waals surface area (Å²) in [6.45, 7) is 4.55. The van der Waals surface area contributed by atoms with Crippen molar-refractivity contribution in [1.82, 2.24) is 25.1 Å². The monoisotopic (exact) mass is 401 g/mol. The number of nitrogens with zero attached hydrogens (tertiary/aromatic N) is 5. The van der Waals surface area contributed by atoms with Gasteiger partial charge < -0.3 is 4.90 Å². The standard InChI is InChI=1S/C20H21ClFN5O/c1-3-26(13-16-6-4-5-7-18(16)21)20(28)19(27-14(2)23-24-25-27)12-15-8-10-17(22)11-9-15/h4-11,19H,3,12-13H2,1-2H3. The van der Waals surface area contributed by atoms with E-state index < -0.39 is 6.04 Å². The van der Waals surface area contributed by atoms with E-state index in [1.54, 1.807) is 30.0 Å². The number of benzene rings is 2. The van der Waals surface area contributed by atoms with E-state index in [1.807, 2.05) is 25.1 Å². The summed E-state index contributed by atoms with van der Waals surface area (Å²) in [4.78, 5) is 15.1. The van der Waals surface area contributed by atoms with Crippen LogP contribution in [0.4, 0.5) is 4.39 Å². The lowest BCUT2D eigenvalue weighted by atomic mass is 10.0. The molecule has 3 rings (SSSR count). The lowest BCUT2D eigenvalue weighted by Gasteiger charge is -2.27. The molecule has 28 heavy (non-hydrogen) atoms. The van der Waals surface area contributed by atoms with Crippen LogP contribution in [0.3, 0.4) is 0 Å². The van der Waals surface area contributed by atoms with Crippen molar-refractivity contribution in [3.05, 3.63) is 76.3 Å². The third-order valence-corrected chi connectivity index (χ3v) is 4.96. The first-order chi connectivity index (χ1) is 13.5. The van der Waals surface area contributed by atoms with Crippen LogP contribution in [0.25, 0.3) is 0 Å². The fraction of sp³-hybridized carbons (Fsp3) is 0.300. The topological polar surface area (TPSA) is 63.9 Å². The Hall–Kier alpha value is -2.80. The van der Waals surface area contributed by atoms with Gasteiger partial charge in [0.1, 0.15) is 17.7 Å². The molecule has 8 heteroatoms. The van der Waals surface area contributed by atoms with Gasteiger partial charge in [0.25, 0.3) is 0 Å². The number of likely N-dealkylation sites (N-methyl/N-ethyl adjacent to an activating group) is 1. The zero-order valence-corrected chi connectivity index (χ0v) is 16.5. The van der Waals surface area contributed by atoms with E-state index in [1.165, 1.54) is 16.8 Å². The van der Waals surface area contributed by atoms with Crippen LogP contribution in [-0.4, -0.2) is 37.6 Å². The van der Waals surface area contributed by atoms with Gasteiger partial charge in [-0.05, 0) is 53.6 Å². The molecule has 0 aliphatic rings. The maximum absolute atomic E-state index is 13.4. The summed E-state index contributed by atoms with van der Waals surface area (Å²) in [5.41, 5.74) is 1.69. The molecule has 0 spiro atoms. The maximum atomic E-state index is 13.4. The van der Waals surface area contributed by atoms with Crippen LogP contribution in [0.2, 0.25) is 5.02 Å². The summed E-state index contributed by atoms with van der Waals surface area (Å²) in [7, 11) is 0.